The van der Waals surface area contributed by atoms with E-state index in [1.807, 2.05) is 32.9 Å². The van der Waals surface area contributed by atoms with E-state index in [4.69, 9.17) is 9.47 Å². The molecule has 1 rings (SSSR count). The fraction of sp³-hybridized carbons (Fsp3) is 0.692. The summed E-state index contributed by atoms with van der Waals surface area (Å²) in [4.78, 5) is 24.3. The fourth-order valence-electron chi connectivity index (χ4n) is 1.61. The lowest BCUT2D eigenvalue weighted by atomic mass is 10.2. The molecule has 0 fully saturated rings. The molecule has 0 aromatic rings. The molecule has 0 aromatic carbocycles. The zero-order valence-electron chi connectivity index (χ0n) is 11.4. The molecule has 0 aromatic heterocycles. The van der Waals surface area contributed by atoms with E-state index in [-0.39, 0.29) is 18.2 Å². The summed E-state index contributed by atoms with van der Waals surface area (Å²) in [5.41, 5.74) is -0.498. The maximum Gasteiger partial charge on any atom is 0.410 e. The van der Waals surface area contributed by atoms with Gasteiger partial charge >= 0.3 is 12.1 Å². The molecular weight excluding hydrogens is 234 g/mol. The predicted molar refractivity (Wildman–Crippen MR) is 67.1 cm³/mol. The van der Waals surface area contributed by atoms with Gasteiger partial charge in [0.15, 0.2) is 0 Å². The Labute approximate surface area is 108 Å². The van der Waals surface area contributed by atoms with Gasteiger partial charge in [-0.25, -0.2) is 4.79 Å². The van der Waals surface area contributed by atoms with Crippen LogP contribution >= 0.6 is 0 Å². The van der Waals surface area contributed by atoms with Crippen molar-refractivity contribution in [3.63, 3.8) is 0 Å². The number of amides is 1. The van der Waals surface area contributed by atoms with Gasteiger partial charge in [0.2, 0.25) is 0 Å². The van der Waals surface area contributed by atoms with Crippen LogP contribution in [0.1, 0.15) is 34.1 Å². The van der Waals surface area contributed by atoms with Crippen LogP contribution in [0.3, 0.4) is 0 Å². The Bertz CT molecular complexity index is 343. The van der Waals surface area contributed by atoms with Gasteiger partial charge in [-0.1, -0.05) is 6.08 Å². The molecule has 0 saturated carbocycles. The summed E-state index contributed by atoms with van der Waals surface area (Å²) in [6, 6.07) is 0. The van der Waals surface area contributed by atoms with Gasteiger partial charge in [0.25, 0.3) is 0 Å². The third-order valence-corrected chi connectivity index (χ3v) is 2.33. The summed E-state index contributed by atoms with van der Waals surface area (Å²) in [6.45, 7) is 7.87. The number of nitrogens with zero attached hydrogens (tertiary/aromatic N) is 1. The first-order valence-electron chi connectivity index (χ1n) is 6.10. The summed E-state index contributed by atoms with van der Waals surface area (Å²) in [6.07, 6.45) is 3.64. The van der Waals surface area contributed by atoms with Crippen LogP contribution in [0.25, 0.3) is 0 Å². The second-order valence-electron chi connectivity index (χ2n) is 5.29. The van der Waals surface area contributed by atoms with Crippen molar-refractivity contribution in [2.24, 2.45) is 0 Å². The first-order chi connectivity index (χ1) is 8.28. The molecule has 5 nitrogen and oxygen atoms in total. The predicted octanol–water partition coefficient (Wildman–Crippen LogP) is 2.12. The number of ether oxygens (including phenoxy) is 2. The van der Waals surface area contributed by atoms with Crippen LogP contribution < -0.4 is 0 Å². The number of carbonyl (C=O) groups excluding carboxylic acids is 2. The average Bonchev–Trinajstić information content (AvgIpc) is 2.39. The Balaban J connectivity index is 2.51. The molecular formula is C13H21NO4. The van der Waals surface area contributed by atoms with E-state index in [2.05, 4.69) is 0 Å². The normalized spacial score (nSPS) is 20.2. The van der Waals surface area contributed by atoms with Crippen LogP contribution in [0.4, 0.5) is 4.79 Å². The van der Waals surface area contributed by atoms with Gasteiger partial charge < -0.3 is 14.4 Å². The van der Waals surface area contributed by atoms with Crippen LogP contribution in [0.2, 0.25) is 0 Å². The summed E-state index contributed by atoms with van der Waals surface area (Å²) < 4.78 is 10.4. The average molecular weight is 255 g/mol. The molecule has 0 spiro atoms. The zero-order valence-corrected chi connectivity index (χ0v) is 11.4. The van der Waals surface area contributed by atoms with E-state index in [9.17, 15) is 9.59 Å². The number of carbonyl (C=O) groups is 2. The number of hydrogen-bond acceptors (Lipinski definition) is 4. The molecule has 102 valence electrons. The van der Waals surface area contributed by atoms with Gasteiger partial charge in [-0.2, -0.15) is 0 Å². The highest BCUT2D eigenvalue weighted by atomic mass is 16.6. The first kappa shape index (κ1) is 14.5. The van der Waals surface area contributed by atoms with Crippen molar-refractivity contribution < 1.29 is 19.1 Å². The second-order valence-corrected chi connectivity index (χ2v) is 5.29. The Hall–Kier alpha value is -1.52. The van der Waals surface area contributed by atoms with Crippen molar-refractivity contribution in [2.45, 2.75) is 45.8 Å². The van der Waals surface area contributed by atoms with Crippen LogP contribution in [-0.2, 0) is 14.3 Å². The molecule has 1 amide bonds. The van der Waals surface area contributed by atoms with E-state index < -0.39 is 5.60 Å². The van der Waals surface area contributed by atoms with Crippen molar-refractivity contribution in [2.75, 3.05) is 13.1 Å². The Morgan fingerprint density at radius 2 is 2.00 bits per heavy atom. The van der Waals surface area contributed by atoms with Gasteiger partial charge in [0.1, 0.15) is 11.7 Å². The fourth-order valence-corrected chi connectivity index (χ4v) is 1.61. The third kappa shape index (κ3) is 5.21. The SMILES string of the molecule is CC(=O)OC1C=CCN(C(=O)OC(C)(C)C)CC1. The maximum atomic E-state index is 11.9. The Morgan fingerprint density at radius 3 is 2.56 bits per heavy atom. The number of hydrogen-bond donors (Lipinski definition) is 0. The molecule has 0 aliphatic carbocycles. The quantitative estimate of drug-likeness (QED) is 0.532. The number of esters is 1. The molecule has 1 aliphatic rings. The molecule has 0 radical (unpaired) electrons. The first-order valence-corrected chi connectivity index (χ1v) is 6.10. The maximum absolute atomic E-state index is 11.9. The van der Waals surface area contributed by atoms with E-state index in [1.165, 1.54) is 6.92 Å². The standard InChI is InChI=1S/C13H21NO4/c1-10(15)17-11-6-5-8-14(9-7-11)12(16)18-13(2,3)4/h5-6,11H,7-9H2,1-4H3. The molecule has 0 bridgehead atoms. The van der Waals surface area contributed by atoms with Crippen molar-refractivity contribution in [1.82, 2.24) is 4.90 Å². The molecule has 1 aliphatic heterocycles. The van der Waals surface area contributed by atoms with E-state index in [0.717, 1.165) is 0 Å². The van der Waals surface area contributed by atoms with Crippen molar-refractivity contribution in [3.8, 4) is 0 Å². The summed E-state index contributed by atoms with van der Waals surface area (Å²) in [5.74, 6) is -0.310. The minimum Gasteiger partial charge on any atom is -0.458 e. The number of rotatable bonds is 1. The van der Waals surface area contributed by atoms with Crippen LogP contribution in [0.15, 0.2) is 12.2 Å². The lowest BCUT2D eigenvalue weighted by molar-refractivity contribution is -0.144. The monoisotopic (exact) mass is 255 g/mol. The topological polar surface area (TPSA) is 55.8 Å². The van der Waals surface area contributed by atoms with Gasteiger partial charge in [-0.15, -0.1) is 0 Å². The molecule has 0 saturated heterocycles. The highest BCUT2D eigenvalue weighted by Gasteiger charge is 2.23. The minimum atomic E-state index is -0.498. The van der Waals surface area contributed by atoms with Crippen LogP contribution in [0.5, 0.6) is 0 Å². The van der Waals surface area contributed by atoms with Gasteiger partial charge in [0.05, 0.1) is 0 Å². The van der Waals surface area contributed by atoms with Crippen LogP contribution in [0, 0.1) is 0 Å². The Morgan fingerprint density at radius 1 is 1.33 bits per heavy atom. The second kappa shape index (κ2) is 5.89. The van der Waals surface area contributed by atoms with Gasteiger partial charge in [0, 0.05) is 26.4 Å². The molecule has 18 heavy (non-hydrogen) atoms. The molecule has 0 N–H and O–H groups in total. The summed E-state index contributed by atoms with van der Waals surface area (Å²) in [7, 11) is 0. The van der Waals surface area contributed by atoms with Gasteiger partial charge in [-0.05, 0) is 26.8 Å². The van der Waals surface area contributed by atoms with E-state index in [0.29, 0.717) is 19.5 Å². The Kier molecular flexibility index (Phi) is 4.76. The third-order valence-electron chi connectivity index (χ3n) is 2.33. The molecule has 5 heteroatoms. The van der Waals surface area contributed by atoms with E-state index >= 15 is 0 Å². The largest absolute Gasteiger partial charge is 0.458 e. The summed E-state index contributed by atoms with van der Waals surface area (Å²) in [5, 5.41) is 0. The van der Waals surface area contributed by atoms with E-state index in [1.54, 1.807) is 4.90 Å². The van der Waals surface area contributed by atoms with Crippen molar-refractivity contribution in [3.05, 3.63) is 12.2 Å². The van der Waals surface area contributed by atoms with Crippen molar-refractivity contribution in [1.29, 1.82) is 0 Å². The minimum absolute atomic E-state index is 0.255. The van der Waals surface area contributed by atoms with Gasteiger partial charge in [-0.3, -0.25) is 4.79 Å². The zero-order chi connectivity index (χ0) is 13.8. The molecule has 1 atom stereocenters. The summed E-state index contributed by atoms with van der Waals surface area (Å²) >= 11 is 0. The molecule has 1 unspecified atom stereocenters. The molecule has 1 heterocycles. The highest BCUT2D eigenvalue weighted by molar-refractivity contribution is 5.68. The van der Waals surface area contributed by atoms with Crippen molar-refractivity contribution >= 4 is 12.1 Å². The smallest absolute Gasteiger partial charge is 0.410 e. The highest BCUT2D eigenvalue weighted by Crippen LogP contribution is 2.13. The van der Waals surface area contributed by atoms with Crippen LogP contribution in [-0.4, -0.2) is 41.8 Å². The lowest BCUT2D eigenvalue weighted by Crippen LogP contribution is -2.37. The lowest BCUT2D eigenvalue weighted by Gasteiger charge is -2.26.